The molecule has 0 radical (unpaired) electrons. The lowest BCUT2D eigenvalue weighted by molar-refractivity contribution is 0.130. The van der Waals surface area contributed by atoms with E-state index in [1.165, 1.54) is 12.1 Å². The molecule has 0 amide bonds. The van der Waals surface area contributed by atoms with Crippen molar-refractivity contribution in [3.05, 3.63) is 35.4 Å². The molecule has 15 heavy (non-hydrogen) atoms. The number of hydrogen-bond donors (Lipinski definition) is 1. The van der Waals surface area contributed by atoms with Crippen LogP contribution in [-0.2, 0) is 0 Å². The molecule has 1 aliphatic heterocycles. The molecule has 0 bridgehead atoms. The molecule has 0 spiro atoms. The van der Waals surface area contributed by atoms with Crippen LogP contribution in [0.2, 0.25) is 0 Å². The maximum atomic E-state index is 13.0. The van der Waals surface area contributed by atoms with Crippen molar-refractivity contribution in [2.45, 2.75) is 12.3 Å². The first kappa shape index (κ1) is 10.5. The Morgan fingerprint density at radius 1 is 1.27 bits per heavy atom. The summed E-state index contributed by atoms with van der Waals surface area (Å²) in [6.07, 6.45) is 0.837. The SMILES string of the molecule is OCN1CCC(c2cc(F)cc(F)c2)C1. The van der Waals surface area contributed by atoms with Crippen LogP contribution in [0.4, 0.5) is 8.78 Å². The minimum Gasteiger partial charge on any atom is -0.381 e. The van der Waals surface area contributed by atoms with Crippen LogP contribution < -0.4 is 0 Å². The second kappa shape index (κ2) is 4.24. The third-order valence-corrected chi connectivity index (χ3v) is 2.83. The van der Waals surface area contributed by atoms with Crippen molar-refractivity contribution in [3.63, 3.8) is 0 Å². The predicted octanol–water partition coefficient (Wildman–Crippen LogP) is 1.70. The molecule has 0 aliphatic carbocycles. The van der Waals surface area contributed by atoms with Gasteiger partial charge in [0, 0.05) is 19.2 Å². The van der Waals surface area contributed by atoms with Gasteiger partial charge in [-0.25, -0.2) is 8.78 Å². The van der Waals surface area contributed by atoms with E-state index >= 15 is 0 Å². The summed E-state index contributed by atoms with van der Waals surface area (Å²) in [4.78, 5) is 1.85. The summed E-state index contributed by atoms with van der Waals surface area (Å²) >= 11 is 0. The van der Waals surface area contributed by atoms with Crippen molar-refractivity contribution in [1.82, 2.24) is 4.90 Å². The van der Waals surface area contributed by atoms with Crippen LogP contribution in [0.25, 0.3) is 0 Å². The Morgan fingerprint density at radius 2 is 1.93 bits per heavy atom. The molecule has 0 saturated carbocycles. The first-order valence-electron chi connectivity index (χ1n) is 4.98. The summed E-state index contributed by atoms with van der Waals surface area (Å²) in [6, 6.07) is 3.62. The largest absolute Gasteiger partial charge is 0.381 e. The van der Waals surface area contributed by atoms with E-state index in [1.54, 1.807) is 0 Å². The summed E-state index contributed by atoms with van der Waals surface area (Å²) in [5, 5.41) is 8.92. The summed E-state index contributed by atoms with van der Waals surface area (Å²) in [5.41, 5.74) is 0.684. The average Bonchev–Trinajstić information content (AvgIpc) is 2.64. The first-order valence-corrected chi connectivity index (χ1v) is 4.98. The van der Waals surface area contributed by atoms with E-state index in [0.717, 1.165) is 19.0 Å². The fourth-order valence-electron chi connectivity index (χ4n) is 2.04. The van der Waals surface area contributed by atoms with E-state index in [4.69, 9.17) is 5.11 Å². The van der Waals surface area contributed by atoms with Gasteiger partial charge in [-0.3, -0.25) is 4.90 Å². The van der Waals surface area contributed by atoms with Crippen LogP contribution in [0, 0.1) is 11.6 Å². The normalized spacial score (nSPS) is 22.2. The van der Waals surface area contributed by atoms with Gasteiger partial charge >= 0.3 is 0 Å². The molecule has 4 heteroatoms. The van der Waals surface area contributed by atoms with Crippen LogP contribution in [0.15, 0.2) is 18.2 Å². The summed E-state index contributed by atoms with van der Waals surface area (Å²) < 4.78 is 25.9. The van der Waals surface area contributed by atoms with Crippen LogP contribution in [0.1, 0.15) is 17.9 Å². The van der Waals surface area contributed by atoms with E-state index in [-0.39, 0.29) is 12.6 Å². The zero-order valence-electron chi connectivity index (χ0n) is 8.29. The Kier molecular flexibility index (Phi) is 2.98. The van der Waals surface area contributed by atoms with Gasteiger partial charge in [-0.05, 0) is 30.0 Å². The number of rotatable bonds is 2. The highest BCUT2D eigenvalue weighted by Gasteiger charge is 2.23. The van der Waals surface area contributed by atoms with Crippen molar-refractivity contribution < 1.29 is 13.9 Å². The van der Waals surface area contributed by atoms with Crippen molar-refractivity contribution >= 4 is 0 Å². The van der Waals surface area contributed by atoms with E-state index < -0.39 is 11.6 Å². The molecule has 1 heterocycles. The highest BCUT2D eigenvalue weighted by atomic mass is 19.1. The van der Waals surface area contributed by atoms with Crippen LogP contribution >= 0.6 is 0 Å². The lowest BCUT2D eigenvalue weighted by atomic mass is 9.98. The van der Waals surface area contributed by atoms with Crippen LogP contribution in [-0.4, -0.2) is 29.8 Å². The van der Waals surface area contributed by atoms with Gasteiger partial charge in [0.05, 0.1) is 6.73 Å². The van der Waals surface area contributed by atoms with E-state index in [9.17, 15) is 8.78 Å². The van der Waals surface area contributed by atoms with Crippen molar-refractivity contribution in [2.75, 3.05) is 19.8 Å². The molecular formula is C11H13F2NO. The minimum absolute atomic E-state index is 0.00823. The zero-order valence-corrected chi connectivity index (χ0v) is 8.29. The summed E-state index contributed by atoms with van der Waals surface area (Å²) in [7, 11) is 0. The van der Waals surface area contributed by atoms with Gasteiger partial charge in [0.25, 0.3) is 0 Å². The molecule has 1 aromatic carbocycles. The molecule has 1 aliphatic rings. The molecule has 1 saturated heterocycles. The molecule has 1 aromatic rings. The van der Waals surface area contributed by atoms with Crippen LogP contribution in [0.3, 0.4) is 0 Å². The van der Waals surface area contributed by atoms with Gasteiger partial charge in [0.2, 0.25) is 0 Å². The van der Waals surface area contributed by atoms with Crippen molar-refractivity contribution in [3.8, 4) is 0 Å². The lowest BCUT2D eigenvalue weighted by Gasteiger charge is -2.12. The molecule has 0 aromatic heterocycles. The quantitative estimate of drug-likeness (QED) is 0.808. The molecule has 1 N–H and O–H groups in total. The number of likely N-dealkylation sites (tertiary alicyclic amines) is 1. The van der Waals surface area contributed by atoms with Gasteiger partial charge in [-0.15, -0.1) is 0 Å². The Balaban J connectivity index is 2.16. The molecule has 1 unspecified atom stereocenters. The van der Waals surface area contributed by atoms with Crippen LogP contribution in [0.5, 0.6) is 0 Å². The maximum absolute atomic E-state index is 13.0. The van der Waals surface area contributed by atoms with Crippen molar-refractivity contribution in [1.29, 1.82) is 0 Å². The Bertz CT molecular complexity index is 336. The van der Waals surface area contributed by atoms with Gasteiger partial charge in [0.1, 0.15) is 11.6 Å². The van der Waals surface area contributed by atoms with E-state index in [1.807, 2.05) is 4.90 Å². The zero-order chi connectivity index (χ0) is 10.8. The lowest BCUT2D eigenvalue weighted by Crippen LogP contribution is -2.21. The third-order valence-electron chi connectivity index (χ3n) is 2.83. The molecule has 2 nitrogen and oxygen atoms in total. The summed E-state index contributed by atoms with van der Waals surface area (Å²) in [6.45, 7) is 1.45. The second-order valence-electron chi connectivity index (χ2n) is 3.91. The fraction of sp³-hybridized carbons (Fsp3) is 0.455. The highest BCUT2D eigenvalue weighted by Crippen LogP contribution is 2.27. The average molecular weight is 213 g/mol. The molecule has 1 fully saturated rings. The fourth-order valence-corrected chi connectivity index (χ4v) is 2.04. The predicted molar refractivity (Wildman–Crippen MR) is 52.4 cm³/mol. The monoisotopic (exact) mass is 213 g/mol. The van der Waals surface area contributed by atoms with E-state index in [0.29, 0.717) is 12.1 Å². The van der Waals surface area contributed by atoms with Gasteiger partial charge in [0.15, 0.2) is 0 Å². The maximum Gasteiger partial charge on any atom is 0.126 e. The first-order chi connectivity index (χ1) is 7.19. The number of aliphatic hydroxyl groups excluding tert-OH is 1. The van der Waals surface area contributed by atoms with Crippen molar-refractivity contribution in [2.24, 2.45) is 0 Å². The number of halogens is 2. The third kappa shape index (κ3) is 2.33. The number of hydrogen-bond acceptors (Lipinski definition) is 2. The Labute approximate surface area is 87.1 Å². The second-order valence-corrected chi connectivity index (χ2v) is 3.91. The minimum atomic E-state index is -0.535. The van der Waals surface area contributed by atoms with Gasteiger partial charge in [-0.1, -0.05) is 0 Å². The molecular weight excluding hydrogens is 200 g/mol. The van der Waals surface area contributed by atoms with Gasteiger partial charge < -0.3 is 5.11 Å². The van der Waals surface area contributed by atoms with E-state index in [2.05, 4.69) is 0 Å². The number of benzene rings is 1. The summed E-state index contributed by atoms with van der Waals surface area (Å²) in [5.74, 6) is -0.942. The van der Waals surface area contributed by atoms with Gasteiger partial charge in [-0.2, -0.15) is 0 Å². The Hall–Kier alpha value is -1.00. The number of aliphatic hydroxyl groups is 1. The smallest absolute Gasteiger partial charge is 0.126 e. The molecule has 82 valence electrons. The molecule has 1 atom stereocenters. The number of nitrogens with zero attached hydrogens (tertiary/aromatic N) is 1. The topological polar surface area (TPSA) is 23.5 Å². The Morgan fingerprint density at radius 3 is 2.47 bits per heavy atom. The molecule has 2 rings (SSSR count). The standard InChI is InChI=1S/C11H13F2NO/c12-10-3-9(4-11(13)5-10)8-1-2-14(6-8)7-15/h3-5,8,15H,1-2,6-7H2. The highest BCUT2D eigenvalue weighted by molar-refractivity contribution is 5.23.